The third-order valence-corrected chi connectivity index (χ3v) is 3.79. The van der Waals surface area contributed by atoms with Crippen LogP contribution in [0.4, 0.5) is 13.2 Å². The van der Waals surface area contributed by atoms with E-state index in [4.69, 9.17) is 9.47 Å². The van der Waals surface area contributed by atoms with Crippen LogP contribution in [0.5, 0.6) is 5.75 Å². The van der Waals surface area contributed by atoms with Crippen molar-refractivity contribution in [1.29, 1.82) is 0 Å². The summed E-state index contributed by atoms with van der Waals surface area (Å²) in [6.45, 7) is 4.73. The Morgan fingerprint density at radius 3 is 2.61 bits per heavy atom. The van der Waals surface area contributed by atoms with Gasteiger partial charge in [0.15, 0.2) is 12.6 Å². The second-order valence-electron chi connectivity index (χ2n) is 6.28. The fraction of sp³-hybridized carbons (Fsp3) is 0.632. The molecule has 160 valence electrons. The molecule has 0 saturated carbocycles. The third-order valence-electron chi connectivity index (χ3n) is 3.79. The van der Waals surface area contributed by atoms with E-state index in [1.807, 2.05) is 14.0 Å². The summed E-state index contributed by atoms with van der Waals surface area (Å²) in [5.41, 5.74) is 0.598. The minimum absolute atomic E-state index is 0.192. The van der Waals surface area contributed by atoms with Crippen LogP contribution in [-0.2, 0) is 11.3 Å². The van der Waals surface area contributed by atoms with Gasteiger partial charge in [-0.2, -0.15) is 13.2 Å². The quantitative estimate of drug-likeness (QED) is 0.319. The fourth-order valence-corrected chi connectivity index (χ4v) is 2.40. The average molecular weight is 404 g/mol. The molecule has 0 aliphatic heterocycles. The number of rotatable bonds is 12. The molecule has 0 atom stereocenters. The molecule has 2 N–H and O–H groups in total. The molecular weight excluding hydrogens is 373 g/mol. The van der Waals surface area contributed by atoms with Crippen molar-refractivity contribution in [1.82, 2.24) is 15.5 Å². The Kier molecular flexibility index (Phi) is 11.4. The molecule has 0 amide bonds. The maximum absolute atomic E-state index is 12.4. The summed E-state index contributed by atoms with van der Waals surface area (Å²) in [5.74, 6) is 0.802. The SMILES string of the molecule is CCNC(=NCc1ccccc1OCC(F)(F)F)NCCN(C)CCCOC. The molecule has 1 aromatic carbocycles. The van der Waals surface area contributed by atoms with Crippen LogP contribution < -0.4 is 15.4 Å². The molecule has 6 nitrogen and oxygen atoms in total. The number of aliphatic imine (C=N–C) groups is 1. The van der Waals surface area contributed by atoms with Gasteiger partial charge in [0.25, 0.3) is 0 Å². The molecule has 0 aliphatic carbocycles. The molecule has 0 heterocycles. The van der Waals surface area contributed by atoms with Crippen molar-refractivity contribution in [2.45, 2.75) is 26.1 Å². The molecule has 1 rings (SSSR count). The van der Waals surface area contributed by atoms with Crippen molar-refractivity contribution in [3.8, 4) is 5.75 Å². The number of hydrogen-bond donors (Lipinski definition) is 2. The number of nitrogens with one attached hydrogen (secondary N) is 2. The standard InChI is InChI=1S/C19H31F3N4O2/c1-4-23-18(24-10-12-26(2)11-7-13-27-3)25-14-16-8-5-6-9-17(16)28-15-19(20,21)22/h5-6,8-9H,4,7,10-15H2,1-3H3,(H2,23,24,25). The molecule has 0 aliphatic rings. The molecule has 0 unspecified atom stereocenters. The van der Waals surface area contributed by atoms with Gasteiger partial charge in [0.05, 0.1) is 6.54 Å². The smallest absolute Gasteiger partial charge is 0.422 e. The molecule has 0 bridgehead atoms. The van der Waals surface area contributed by atoms with Gasteiger partial charge in [0.1, 0.15) is 5.75 Å². The molecule has 1 aromatic rings. The van der Waals surface area contributed by atoms with Crippen molar-refractivity contribution in [3.05, 3.63) is 29.8 Å². The first-order valence-electron chi connectivity index (χ1n) is 9.32. The van der Waals surface area contributed by atoms with E-state index < -0.39 is 12.8 Å². The first kappa shape index (κ1) is 24.0. The zero-order valence-corrected chi connectivity index (χ0v) is 16.8. The molecule has 0 saturated heterocycles. The second-order valence-corrected chi connectivity index (χ2v) is 6.28. The van der Waals surface area contributed by atoms with E-state index >= 15 is 0 Å². The van der Waals surface area contributed by atoms with Crippen LogP contribution in [0.25, 0.3) is 0 Å². The minimum atomic E-state index is -4.37. The monoisotopic (exact) mass is 404 g/mol. The normalized spacial score (nSPS) is 12.3. The number of para-hydroxylation sites is 1. The van der Waals surface area contributed by atoms with Gasteiger partial charge in [-0.05, 0) is 26.5 Å². The highest BCUT2D eigenvalue weighted by Gasteiger charge is 2.28. The maximum atomic E-state index is 12.4. The Hall–Kier alpha value is -2.00. The minimum Gasteiger partial charge on any atom is -0.484 e. The van der Waals surface area contributed by atoms with Gasteiger partial charge in [0, 0.05) is 45.5 Å². The van der Waals surface area contributed by atoms with E-state index in [0.29, 0.717) is 24.6 Å². The van der Waals surface area contributed by atoms with Crippen molar-refractivity contribution in [2.75, 3.05) is 53.6 Å². The van der Waals surface area contributed by atoms with Crippen LogP contribution in [0, 0.1) is 0 Å². The van der Waals surface area contributed by atoms with E-state index in [1.165, 1.54) is 6.07 Å². The number of methoxy groups -OCH3 is 1. The summed E-state index contributed by atoms with van der Waals surface area (Å²) in [7, 11) is 3.72. The van der Waals surface area contributed by atoms with Gasteiger partial charge in [-0.1, -0.05) is 18.2 Å². The molecule has 28 heavy (non-hydrogen) atoms. The highest BCUT2D eigenvalue weighted by molar-refractivity contribution is 5.79. The van der Waals surface area contributed by atoms with E-state index in [1.54, 1.807) is 25.3 Å². The van der Waals surface area contributed by atoms with Crippen LogP contribution in [0.3, 0.4) is 0 Å². The Morgan fingerprint density at radius 2 is 1.93 bits per heavy atom. The molecule has 9 heteroatoms. The van der Waals surface area contributed by atoms with E-state index in [0.717, 1.165) is 26.1 Å². The van der Waals surface area contributed by atoms with Crippen LogP contribution in [0.15, 0.2) is 29.3 Å². The van der Waals surface area contributed by atoms with Gasteiger partial charge >= 0.3 is 6.18 Å². The fourth-order valence-electron chi connectivity index (χ4n) is 2.40. The number of halogens is 3. The largest absolute Gasteiger partial charge is 0.484 e. The lowest BCUT2D eigenvalue weighted by molar-refractivity contribution is -0.153. The van der Waals surface area contributed by atoms with Gasteiger partial charge < -0.3 is 25.0 Å². The first-order chi connectivity index (χ1) is 13.4. The molecule has 0 radical (unpaired) electrons. The highest BCUT2D eigenvalue weighted by Crippen LogP contribution is 2.22. The summed E-state index contributed by atoms with van der Waals surface area (Å²) < 4.78 is 47.2. The van der Waals surface area contributed by atoms with Crippen LogP contribution >= 0.6 is 0 Å². The van der Waals surface area contributed by atoms with Crippen LogP contribution in [0.2, 0.25) is 0 Å². The maximum Gasteiger partial charge on any atom is 0.422 e. The van der Waals surface area contributed by atoms with Crippen molar-refractivity contribution < 1.29 is 22.6 Å². The number of alkyl halides is 3. The van der Waals surface area contributed by atoms with E-state index in [2.05, 4.69) is 20.5 Å². The summed E-state index contributed by atoms with van der Waals surface area (Å²) in [5, 5.41) is 6.37. The van der Waals surface area contributed by atoms with Crippen molar-refractivity contribution >= 4 is 5.96 Å². The number of likely N-dealkylation sites (N-methyl/N-ethyl adjacent to an activating group) is 1. The Bertz CT molecular complexity index is 583. The molecular formula is C19H31F3N4O2. The zero-order valence-electron chi connectivity index (χ0n) is 16.8. The predicted molar refractivity (Wildman–Crippen MR) is 105 cm³/mol. The Morgan fingerprint density at radius 1 is 1.18 bits per heavy atom. The zero-order chi connectivity index (χ0) is 20.8. The van der Waals surface area contributed by atoms with E-state index in [-0.39, 0.29) is 12.3 Å². The number of nitrogens with zero attached hydrogens (tertiary/aromatic N) is 2. The average Bonchev–Trinajstić information content (AvgIpc) is 2.64. The number of hydrogen-bond acceptors (Lipinski definition) is 4. The molecule has 0 fully saturated rings. The van der Waals surface area contributed by atoms with Crippen LogP contribution in [-0.4, -0.2) is 70.6 Å². The number of ether oxygens (including phenoxy) is 2. The Balaban J connectivity index is 2.57. The lowest BCUT2D eigenvalue weighted by atomic mass is 10.2. The predicted octanol–water partition coefficient (Wildman–Crippen LogP) is 2.65. The Labute approximate surface area is 165 Å². The first-order valence-corrected chi connectivity index (χ1v) is 9.32. The third kappa shape index (κ3) is 11.0. The van der Waals surface area contributed by atoms with Gasteiger partial charge in [-0.25, -0.2) is 4.99 Å². The van der Waals surface area contributed by atoms with Crippen molar-refractivity contribution in [3.63, 3.8) is 0 Å². The highest BCUT2D eigenvalue weighted by atomic mass is 19.4. The summed E-state index contributed by atoms with van der Waals surface area (Å²) >= 11 is 0. The van der Waals surface area contributed by atoms with Gasteiger partial charge in [-0.3, -0.25) is 0 Å². The summed E-state index contributed by atoms with van der Waals surface area (Å²) in [6.07, 6.45) is -3.40. The van der Waals surface area contributed by atoms with Gasteiger partial charge in [0.2, 0.25) is 0 Å². The molecule has 0 spiro atoms. The summed E-state index contributed by atoms with van der Waals surface area (Å²) in [4.78, 5) is 6.65. The van der Waals surface area contributed by atoms with Crippen molar-refractivity contribution in [2.24, 2.45) is 4.99 Å². The van der Waals surface area contributed by atoms with E-state index in [9.17, 15) is 13.2 Å². The lowest BCUT2D eigenvalue weighted by Crippen LogP contribution is -2.41. The number of guanidine groups is 1. The number of benzene rings is 1. The second kappa shape index (κ2) is 13.2. The lowest BCUT2D eigenvalue weighted by Gasteiger charge is -2.18. The topological polar surface area (TPSA) is 58.1 Å². The molecule has 0 aromatic heterocycles. The van der Waals surface area contributed by atoms with Gasteiger partial charge in [-0.15, -0.1) is 0 Å². The summed E-state index contributed by atoms with van der Waals surface area (Å²) in [6, 6.07) is 6.62. The van der Waals surface area contributed by atoms with Crippen LogP contribution in [0.1, 0.15) is 18.9 Å².